The Balaban J connectivity index is 1.99. The third-order valence-corrected chi connectivity index (χ3v) is 4.69. The summed E-state index contributed by atoms with van der Waals surface area (Å²) in [7, 11) is 0. The molecule has 0 bridgehead atoms. The molecule has 0 aromatic heterocycles. The van der Waals surface area contributed by atoms with Crippen molar-refractivity contribution in [1.29, 1.82) is 0 Å². The van der Waals surface area contributed by atoms with Crippen LogP contribution in [0, 0.1) is 11.7 Å². The molecule has 1 unspecified atom stereocenters. The molecule has 2 aromatic rings. The van der Waals surface area contributed by atoms with Crippen LogP contribution in [0.1, 0.15) is 36.8 Å². The second-order valence-corrected chi connectivity index (χ2v) is 6.64. The Labute approximate surface area is 144 Å². The van der Waals surface area contributed by atoms with Gasteiger partial charge < -0.3 is 5.73 Å². The number of hydrogen-bond donors (Lipinski definition) is 2. The average molecular weight is 352 g/mol. The maximum Gasteiger partial charge on any atom is 0.482 e. The summed E-state index contributed by atoms with van der Waals surface area (Å²) in [6.07, 6.45) is -0.897. The number of rotatable bonds is 6. The molecule has 0 radical (unpaired) electrons. The van der Waals surface area contributed by atoms with Crippen molar-refractivity contribution in [2.75, 3.05) is 5.32 Å². The van der Waals surface area contributed by atoms with E-state index < -0.39 is 23.3 Å². The van der Waals surface area contributed by atoms with E-state index in [0.29, 0.717) is 17.9 Å². The molecular weight excluding hydrogens is 332 g/mol. The normalized spacial score (nSPS) is 17.2. The van der Waals surface area contributed by atoms with E-state index in [1.54, 1.807) is 0 Å². The van der Waals surface area contributed by atoms with Gasteiger partial charge in [-0.25, -0.2) is 4.39 Å². The standard InChI is InChI=1S/C19H20F4N2/c20-16-9-8-15(12-17(16)25-19(21,22)23)18(24,11-10-13-6-7-13)14-4-2-1-3-5-14/h1-5,8-9,12-13,25H,6-7,10-11,24H2. The van der Waals surface area contributed by atoms with Crippen molar-refractivity contribution >= 4 is 5.69 Å². The minimum absolute atomic E-state index is 0.465. The number of halogens is 4. The lowest BCUT2D eigenvalue weighted by Crippen LogP contribution is -2.38. The van der Waals surface area contributed by atoms with Gasteiger partial charge in [-0.3, -0.25) is 5.32 Å². The van der Waals surface area contributed by atoms with Gasteiger partial charge >= 0.3 is 6.30 Å². The summed E-state index contributed by atoms with van der Waals surface area (Å²) in [6.45, 7) is 0. The molecule has 2 aromatic carbocycles. The predicted molar refractivity (Wildman–Crippen MR) is 89.4 cm³/mol. The molecule has 25 heavy (non-hydrogen) atoms. The summed E-state index contributed by atoms with van der Waals surface area (Å²) in [4.78, 5) is 0. The van der Waals surface area contributed by atoms with Gasteiger partial charge in [0, 0.05) is 0 Å². The van der Waals surface area contributed by atoms with Crippen LogP contribution in [0.2, 0.25) is 0 Å². The summed E-state index contributed by atoms with van der Waals surface area (Å²) >= 11 is 0. The number of nitrogens with two attached hydrogens (primary N) is 1. The maximum atomic E-state index is 13.8. The fraction of sp³-hybridized carbons (Fsp3) is 0.368. The molecule has 0 spiro atoms. The van der Waals surface area contributed by atoms with E-state index in [9.17, 15) is 17.6 Å². The van der Waals surface area contributed by atoms with Gasteiger partial charge in [0.05, 0.1) is 11.2 Å². The minimum atomic E-state index is -4.71. The Morgan fingerprint density at radius 2 is 1.68 bits per heavy atom. The summed E-state index contributed by atoms with van der Waals surface area (Å²) in [5.74, 6) is -0.335. The van der Waals surface area contributed by atoms with Crippen LogP contribution in [0.15, 0.2) is 48.5 Å². The molecule has 1 aliphatic rings. The van der Waals surface area contributed by atoms with Crippen LogP contribution in [0.3, 0.4) is 0 Å². The Kier molecular flexibility index (Phi) is 4.73. The highest BCUT2D eigenvalue weighted by Gasteiger charge is 2.34. The van der Waals surface area contributed by atoms with Crippen molar-refractivity contribution in [2.45, 2.75) is 37.5 Å². The van der Waals surface area contributed by atoms with Crippen molar-refractivity contribution in [1.82, 2.24) is 0 Å². The van der Waals surface area contributed by atoms with E-state index >= 15 is 0 Å². The lowest BCUT2D eigenvalue weighted by Gasteiger charge is -2.31. The molecule has 1 fully saturated rings. The Morgan fingerprint density at radius 1 is 1.00 bits per heavy atom. The quantitative estimate of drug-likeness (QED) is 0.557. The van der Waals surface area contributed by atoms with Gasteiger partial charge in [-0.15, -0.1) is 0 Å². The molecule has 134 valence electrons. The van der Waals surface area contributed by atoms with Crippen LogP contribution in [0.25, 0.3) is 0 Å². The van der Waals surface area contributed by atoms with Crippen LogP contribution in [-0.2, 0) is 5.54 Å². The minimum Gasteiger partial charge on any atom is -0.318 e. The highest BCUT2D eigenvalue weighted by molar-refractivity contribution is 5.51. The number of hydrogen-bond acceptors (Lipinski definition) is 2. The SMILES string of the molecule is NC(CCC1CC1)(c1ccccc1)c1ccc(F)c(NC(F)(F)F)c1. The molecule has 0 amide bonds. The fourth-order valence-corrected chi connectivity index (χ4v) is 3.08. The maximum absolute atomic E-state index is 13.8. The lowest BCUT2D eigenvalue weighted by molar-refractivity contribution is -0.100. The smallest absolute Gasteiger partial charge is 0.318 e. The van der Waals surface area contributed by atoms with Gasteiger partial charge in [0.25, 0.3) is 0 Å². The summed E-state index contributed by atoms with van der Waals surface area (Å²) < 4.78 is 51.7. The van der Waals surface area contributed by atoms with Gasteiger partial charge in [0.1, 0.15) is 5.82 Å². The van der Waals surface area contributed by atoms with Crippen LogP contribution in [0.5, 0.6) is 0 Å². The average Bonchev–Trinajstić information content (AvgIpc) is 3.38. The highest BCUT2D eigenvalue weighted by Crippen LogP contribution is 2.40. The van der Waals surface area contributed by atoms with Gasteiger partial charge in [0.15, 0.2) is 0 Å². The summed E-state index contributed by atoms with van der Waals surface area (Å²) in [5, 5.41) is 1.26. The molecule has 1 saturated carbocycles. The second kappa shape index (κ2) is 6.67. The van der Waals surface area contributed by atoms with E-state index in [4.69, 9.17) is 5.73 Å². The molecule has 0 aliphatic heterocycles. The van der Waals surface area contributed by atoms with E-state index in [2.05, 4.69) is 0 Å². The number of nitrogens with one attached hydrogen (secondary N) is 1. The van der Waals surface area contributed by atoms with E-state index in [1.807, 2.05) is 30.3 Å². The number of alkyl halides is 3. The molecule has 0 heterocycles. The largest absolute Gasteiger partial charge is 0.482 e. The van der Waals surface area contributed by atoms with Gasteiger partial charge in [-0.05, 0) is 42.0 Å². The molecular formula is C19H20F4N2. The Morgan fingerprint density at radius 3 is 2.28 bits per heavy atom. The van der Waals surface area contributed by atoms with Crippen molar-refractivity contribution in [3.63, 3.8) is 0 Å². The molecule has 1 aliphatic carbocycles. The molecule has 3 N–H and O–H groups in total. The van der Waals surface area contributed by atoms with Crippen LogP contribution < -0.4 is 11.1 Å². The summed E-state index contributed by atoms with van der Waals surface area (Å²) in [5.41, 5.74) is 6.37. The van der Waals surface area contributed by atoms with Crippen molar-refractivity contribution in [3.05, 3.63) is 65.5 Å². The van der Waals surface area contributed by atoms with Crippen molar-refractivity contribution in [2.24, 2.45) is 11.7 Å². The van der Waals surface area contributed by atoms with Crippen LogP contribution in [0.4, 0.5) is 23.2 Å². The van der Waals surface area contributed by atoms with E-state index in [-0.39, 0.29) is 0 Å². The molecule has 3 rings (SSSR count). The summed E-state index contributed by atoms with van der Waals surface area (Å²) in [6, 6.07) is 12.9. The van der Waals surface area contributed by atoms with Crippen molar-refractivity contribution in [3.8, 4) is 0 Å². The lowest BCUT2D eigenvalue weighted by atomic mass is 9.79. The van der Waals surface area contributed by atoms with Gasteiger partial charge in [-0.2, -0.15) is 13.2 Å². The highest BCUT2D eigenvalue weighted by atomic mass is 19.4. The third kappa shape index (κ3) is 4.31. The molecule has 2 nitrogen and oxygen atoms in total. The van der Waals surface area contributed by atoms with E-state index in [0.717, 1.165) is 30.9 Å². The van der Waals surface area contributed by atoms with E-state index in [1.165, 1.54) is 17.4 Å². The monoisotopic (exact) mass is 352 g/mol. The first-order valence-corrected chi connectivity index (χ1v) is 8.27. The molecule has 0 saturated heterocycles. The first-order valence-electron chi connectivity index (χ1n) is 8.27. The second-order valence-electron chi connectivity index (χ2n) is 6.64. The van der Waals surface area contributed by atoms with Crippen molar-refractivity contribution < 1.29 is 17.6 Å². The fourth-order valence-electron chi connectivity index (χ4n) is 3.08. The number of benzene rings is 2. The first-order chi connectivity index (χ1) is 11.8. The zero-order valence-corrected chi connectivity index (χ0v) is 13.6. The topological polar surface area (TPSA) is 38.0 Å². The zero-order valence-electron chi connectivity index (χ0n) is 13.6. The Hall–Kier alpha value is -2.08. The third-order valence-electron chi connectivity index (χ3n) is 4.69. The number of anilines is 1. The van der Waals surface area contributed by atoms with Crippen LogP contribution >= 0.6 is 0 Å². The molecule has 1 atom stereocenters. The molecule has 6 heteroatoms. The predicted octanol–water partition coefficient (Wildman–Crippen LogP) is 5.15. The van der Waals surface area contributed by atoms with Crippen LogP contribution in [-0.4, -0.2) is 6.30 Å². The van der Waals surface area contributed by atoms with Gasteiger partial charge in [0.2, 0.25) is 0 Å². The Bertz CT molecular complexity index is 726. The zero-order chi connectivity index (χ0) is 18.1. The first kappa shape index (κ1) is 17.7. The van der Waals surface area contributed by atoms with Gasteiger partial charge in [-0.1, -0.05) is 49.2 Å².